The van der Waals surface area contributed by atoms with E-state index in [4.69, 9.17) is 9.47 Å². The second kappa shape index (κ2) is 7.25. The van der Waals surface area contributed by atoms with Crippen LogP contribution in [0, 0.1) is 18.6 Å². The number of hydrogen-bond donors (Lipinski definition) is 1. The van der Waals surface area contributed by atoms with Crippen LogP contribution < -0.4 is 10.1 Å². The van der Waals surface area contributed by atoms with E-state index in [0.717, 1.165) is 15.6 Å². The zero-order chi connectivity index (χ0) is 19.0. The Kier molecular flexibility index (Phi) is 4.80. The van der Waals surface area contributed by atoms with Crippen LogP contribution in [-0.4, -0.2) is 19.2 Å². The average Bonchev–Trinajstić information content (AvgIpc) is 2.98. The van der Waals surface area contributed by atoms with Crippen LogP contribution in [0.3, 0.4) is 0 Å². The number of amides is 1. The minimum atomic E-state index is -0.355. The fourth-order valence-corrected chi connectivity index (χ4v) is 4.35. The molecule has 1 N–H and O–H groups in total. The summed E-state index contributed by atoms with van der Waals surface area (Å²) in [7, 11) is 0. The highest BCUT2D eigenvalue weighted by Crippen LogP contribution is 2.32. The van der Waals surface area contributed by atoms with Gasteiger partial charge in [0.15, 0.2) is 6.79 Å². The number of fused-ring (bicyclic) bond motifs is 2. The SMILES string of the molecule is Cc1c(C(=O)NCCc2cc(F)cc3c2OCOC3)sc2ccc(F)cc12. The molecule has 0 fully saturated rings. The molecule has 1 amide bonds. The zero-order valence-electron chi connectivity index (χ0n) is 14.6. The van der Waals surface area contributed by atoms with Crippen LogP contribution in [-0.2, 0) is 17.8 Å². The Hall–Kier alpha value is -2.51. The summed E-state index contributed by atoms with van der Waals surface area (Å²) in [4.78, 5) is 13.1. The van der Waals surface area contributed by atoms with Crippen molar-refractivity contribution < 1.29 is 23.0 Å². The zero-order valence-corrected chi connectivity index (χ0v) is 15.4. The van der Waals surface area contributed by atoms with Crippen LogP contribution in [0.4, 0.5) is 8.78 Å². The molecule has 27 heavy (non-hydrogen) atoms. The first-order chi connectivity index (χ1) is 13.0. The number of carbonyl (C=O) groups excluding carboxylic acids is 1. The van der Waals surface area contributed by atoms with Gasteiger partial charge in [0.25, 0.3) is 5.91 Å². The van der Waals surface area contributed by atoms with Crippen molar-refractivity contribution in [3.8, 4) is 5.75 Å². The van der Waals surface area contributed by atoms with Crippen LogP contribution in [0.1, 0.15) is 26.4 Å². The molecule has 0 atom stereocenters. The Morgan fingerprint density at radius 1 is 1.22 bits per heavy atom. The average molecular weight is 389 g/mol. The quantitative estimate of drug-likeness (QED) is 0.723. The first-order valence-corrected chi connectivity index (χ1v) is 9.33. The fraction of sp³-hybridized carbons (Fsp3) is 0.250. The summed E-state index contributed by atoms with van der Waals surface area (Å²) < 4.78 is 38.7. The first kappa shape index (κ1) is 17.9. The van der Waals surface area contributed by atoms with Crippen molar-refractivity contribution in [3.63, 3.8) is 0 Å². The van der Waals surface area contributed by atoms with Crippen LogP contribution >= 0.6 is 11.3 Å². The van der Waals surface area contributed by atoms with E-state index in [9.17, 15) is 13.6 Å². The molecule has 0 spiro atoms. The Morgan fingerprint density at radius 3 is 2.93 bits per heavy atom. The van der Waals surface area contributed by atoms with Crippen molar-refractivity contribution in [1.82, 2.24) is 5.32 Å². The Labute approximate surface area is 158 Å². The lowest BCUT2D eigenvalue weighted by molar-refractivity contribution is -0.0172. The number of nitrogens with one attached hydrogen (secondary N) is 1. The molecule has 4 nitrogen and oxygen atoms in total. The third-order valence-corrected chi connectivity index (χ3v) is 5.81. The molecule has 0 saturated carbocycles. The highest BCUT2D eigenvalue weighted by Gasteiger charge is 2.18. The van der Waals surface area contributed by atoms with Crippen molar-refractivity contribution in [2.75, 3.05) is 13.3 Å². The molecule has 1 aliphatic heterocycles. The van der Waals surface area contributed by atoms with Crippen molar-refractivity contribution >= 4 is 27.3 Å². The van der Waals surface area contributed by atoms with E-state index in [0.29, 0.717) is 41.3 Å². The second-order valence-corrected chi connectivity index (χ2v) is 7.42. The molecule has 0 unspecified atom stereocenters. The third-order valence-electron chi connectivity index (χ3n) is 4.54. The predicted molar refractivity (Wildman–Crippen MR) is 99.2 cm³/mol. The molecule has 1 aliphatic rings. The van der Waals surface area contributed by atoms with Crippen molar-refractivity contribution in [1.29, 1.82) is 0 Å². The highest BCUT2D eigenvalue weighted by molar-refractivity contribution is 7.21. The van der Waals surface area contributed by atoms with E-state index in [-0.39, 0.29) is 24.3 Å². The van der Waals surface area contributed by atoms with Crippen molar-refractivity contribution in [2.24, 2.45) is 0 Å². The molecule has 2 heterocycles. The maximum absolute atomic E-state index is 13.8. The van der Waals surface area contributed by atoms with Crippen molar-refractivity contribution in [2.45, 2.75) is 20.0 Å². The van der Waals surface area contributed by atoms with Gasteiger partial charge in [0, 0.05) is 16.8 Å². The molecule has 0 saturated heterocycles. The Bertz CT molecular complexity index is 1030. The van der Waals surface area contributed by atoms with Crippen LogP contribution in [0.2, 0.25) is 0 Å². The van der Waals surface area contributed by atoms with Gasteiger partial charge in [0.05, 0.1) is 11.5 Å². The summed E-state index contributed by atoms with van der Waals surface area (Å²) in [5, 5.41) is 3.61. The predicted octanol–water partition coefficient (Wildman–Crippen LogP) is 4.33. The number of aryl methyl sites for hydroxylation is 1. The van der Waals surface area contributed by atoms with Crippen LogP contribution in [0.5, 0.6) is 5.75 Å². The van der Waals surface area contributed by atoms with Crippen LogP contribution in [0.15, 0.2) is 30.3 Å². The molecule has 0 aliphatic carbocycles. The number of benzene rings is 2. The summed E-state index contributed by atoms with van der Waals surface area (Å²) in [5.74, 6) is -0.268. The number of thiophene rings is 1. The molecule has 4 rings (SSSR count). The lowest BCUT2D eigenvalue weighted by atomic mass is 10.1. The van der Waals surface area contributed by atoms with E-state index in [1.165, 1.54) is 35.6 Å². The number of hydrogen-bond acceptors (Lipinski definition) is 4. The van der Waals surface area contributed by atoms with Gasteiger partial charge in [0.1, 0.15) is 17.4 Å². The smallest absolute Gasteiger partial charge is 0.261 e. The minimum Gasteiger partial charge on any atom is -0.467 e. The maximum Gasteiger partial charge on any atom is 0.261 e. The van der Waals surface area contributed by atoms with Gasteiger partial charge in [-0.25, -0.2) is 8.78 Å². The summed E-state index contributed by atoms with van der Waals surface area (Å²) in [6, 6.07) is 7.32. The molecular formula is C20H17F2NO3S. The molecule has 0 radical (unpaired) electrons. The van der Waals surface area contributed by atoms with Crippen LogP contribution in [0.25, 0.3) is 10.1 Å². The van der Waals surface area contributed by atoms with E-state index in [1.54, 1.807) is 6.07 Å². The lowest BCUT2D eigenvalue weighted by Crippen LogP contribution is -2.26. The fourth-order valence-electron chi connectivity index (χ4n) is 3.24. The minimum absolute atomic E-state index is 0.134. The third kappa shape index (κ3) is 3.52. The molecule has 2 aromatic carbocycles. The Morgan fingerprint density at radius 2 is 2.07 bits per heavy atom. The molecule has 7 heteroatoms. The molecular weight excluding hydrogens is 372 g/mol. The van der Waals surface area contributed by atoms with Gasteiger partial charge in [0.2, 0.25) is 0 Å². The largest absolute Gasteiger partial charge is 0.467 e. The normalized spacial score (nSPS) is 13.3. The lowest BCUT2D eigenvalue weighted by Gasteiger charge is -2.21. The van der Waals surface area contributed by atoms with Gasteiger partial charge in [-0.1, -0.05) is 0 Å². The van der Waals surface area contributed by atoms with Gasteiger partial charge in [-0.15, -0.1) is 11.3 Å². The second-order valence-electron chi connectivity index (χ2n) is 6.37. The van der Waals surface area contributed by atoms with Gasteiger partial charge in [-0.2, -0.15) is 0 Å². The summed E-state index contributed by atoms with van der Waals surface area (Å²) >= 11 is 1.33. The number of ether oxygens (including phenoxy) is 2. The van der Waals surface area contributed by atoms with E-state index in [2.05, 4.69) is 5.32 Å². The monoisotopic (exact) mass is 389 g/mol. The number of rotatable bonds is 4. The molecule has 1 aromatic heterocycles. The number of carbonyl (C=O) groups is 1. The van der Waals surface area contributed by atoms with E-state index < -0.39 is 0 Å². The molecule has 3 aromatic rings. The molecule has 140 valence electrons. The van der Waals surface area contributed by atoms with Gasteiger partial charge in [-0.3, -0.25) is 4.79 Å². The molecule has 0 bridgehead atoms. The van der Waals surface area contributed by atoms with E-state index >= 15 is 0 Å². The Balaban J connectivity index is 1.48. The van der Waals surface area contributed by atoms with Crippen molar-refractivity contribution in [3.05, 3.63) is 63.5 Å². The summed E-state index contributed by atoms with van der Waals surface area (Å²) in [6.07, 6.45) is 0.435. The summed E-state index contributed by atoms with van der Waals surface area (Å²) in [5.41, 5.74) is 2.13. The topological polar surface area (TPSA) is 47.6 Å². The maximum atomic E-state index is 13.8. The number of halogens is 2. The van der Waals surface area contributed by atoms with E-state index in [1.807, 2.05) is 6.92 Å². The highest BCUT2D eigenvalue weighted by atomic mass is 32.1. The first-order valence-electron chi connectivity index (χ1n) is 8.51. The van der Waals surface area contributed by atoms with Gasteiger partial charge >= 0.3 is 0 Å². The standard InChI is InChI=1S/C20H17F2NO3S/c1-11-16-8-14(21)2-3-17(16)27-19(11)20(24)23-5-4-12-6-15(22)7-13-9-25-10-26-18(12)13/h2-3,6-8H,4-5,9-10H2,1H3,(H,23,24). The van der Waals surface area contributed by atoms with Gasteiger partial charge < -0.3 is 14.8 Å². The van der Waals surface area contributed by atoms with Gasteiger partial charge in [-0.05, 0) is 60.2 Å². The summed E-state index contributed by atoms with van der Waals surface area (Å²) in [6.45, 7) is 2.59.